The number of ether oxygens (including phenoxy) is 1. The van der Waals surface area contributed by atoms with Crippen molar-refractivity contribution in [2.45, 2.75) is 0 Å². The average molecular weight is 492 g/mol. The van der Waals surface area contributed by atoms with Crippen molar-refractivity contribution in [2.75, 3.05) is 82.5 Å². The van der Waals surface area contributed by atoms with Crippen LogP contribution >= 0.6 is 0 Å². The highest BCUT2D eigenvalue weighted by atomic mass is 16.5. The molecule has 0 spiro atoms. The van der Waals surface area contributed by atoms with E-state index >= 15 is 0 Å². The maximum atomic E-state index is 6.11. The van der Waals surface area contributed by atoms with Crippen molar-refractivity contribution in [1.82, 2.24) is 29.4 Å². The summed E-state index contributed by atoms with van der Waals surface area (Å²) in [6.07, 6.45) is 1.61. The van der Waals surface area contributed by atoms with Crippen LogP contribution in [0.1, 0.15) is 0 Å². The van der Waals surface area contributed by atoms with Crippen molar-refractivity contribution in [3.05, 3.63) is 48.7 Å². The van der Waals surface area contributed by atoms with E-state index in [2.05, 4.69) is 59.3 Å². The number of nitrogen functional groups attached to an aromatic ring is 1. The molecule has 36 heavy (non-hydrogen) atoms. The Hall–Kier alpha value is -3.83. The van der Waals surface area contributed by atoms with Crippen molar-refractivity contribution in [3.8, 4) is 17.2 Å². The minimum atomic E-state index is 0.281. The lowest BCUT2D eigenvalue weighted by Gasteiger charge is -2.36. The third-order valence-electron chi connectivity index (χ3n) is 6.21. The van der Waals surface area contributed by atoms with Crippen LogP contribution in [0.25, 0.3) is 17.1 Å². The molecule has 0 amide bonds. The summed E-state index contributed by atoms with van der Waals surface area (Å²) < 4.78 is 12.7. The molecule has 190 valence electrons. The van der Waals surface area contributed by atoms with Gasteiger partial charge in [-0.2, -0.15) is 19.6 Å². The highest BCUT2D eigenvalue weighted by Crippen LogP contribution is 2.22. The van der Waals surface area contributed by atoms with Crippen molar-refractivity contribution < 1.29 is 9.15 Å². The van der Waals surface area contributed by atoms with Crippen LogP contribution in [-0.4, -0.2) is 95.9 Å². The Morgan fingerprint density at radius 2 is 1.89 bits per heavy atom. The van der Waals surface area contributed by atoms with Crippen molar-refractivity contribution in [3.63, 3.8) is 0 Å². The Labute approximate surface area is 210 Å². The van der Waals surface area contributed by atoms with Gasteiger partial charge < -0.3 is 30.0 Å². The summed E-state index contributed by atoms with van der Waals surface area (Å²) in [4.78, 5) is 15.9. The second kappa shape index (κ2) is 10.8. The van der Waals surface area contributed by atoms with E-state index in [-0.39, 0.29) is 5.95 Å². The van der Waals surface area contributed by atoms with Gasteiger partial charge in [-0.1, -0.05) is 0 Å². The summed E-state index contributed by atoms with van der Waals surface area (Å²) >= 11 is 0. The molecule has 1 aliphatic heterocycles. The van der Waals surface area contributed by atoms with Gasteiger partial charge in [0.1, 0.15) is 18.1 Å². The van der Waals surface area contributed by atoms with E-state index in [1.165, 1.54) is 10.2 Å². The van der Waals surface area contributed by atoms with E-state index in [4.69, 9.17) is 14.9 Å². The molecular formula is C25H33N9O2. The summed E-state index contributed by atoms with van der Waals surface area (Å²) in [6.45, 7) is 7.21. The number of hydrogen-bond donors (Lipinski definition) is 2. The van der Waals surface area contributed by atoms with E-state index in [9.17, 15) is 0 Å². The van der Waals surface area contributed by atoms with Crippen LogP contribution in [0.15, 0.2) is 53.1 Å². The SMILES string of the molecule is CN(C)CCOc1ccc(N2CCN(CCNc3nc(N)n4nc(-c5ccco5)cc4n3)CC2)cc1. The average Bonchev–Trinajstić information content (AvgIpc) is 3.55. The molecule has 11 nitrogen and oxygen atoms in total. The monoisotopic (exact) mass is 491 g/mol. The number of nitrogens with one attached hydrogen (secondary N) is 1. The highest BCUT2D eigenvalue weighted by Gasteiger charge is 2.17. The molecule has 1 aliphatic rings. The third-order valence-corrected chi connectivity index (χ3v) is 6.21. The number of piperazine rings is 1. The lowest BCUT2D eigenvalue weighted by molar-refractivity contribution is 0.261. The molecule has 0 atom stereocenters. The Morgan fingerprint density at radius 3 is 2.61 bits per heavy atom. The van der Waals surface area contributed by atoms with E-state index in [0.717, 1.165) is 51.6 Å². The molecule has 4 heterocycles. The molecule has 0 unspecified atom stereocenters. The molecule has 1 saturated heterocycles. The largest absolute Gasteiger partial charge is 0.492 e. The molecule has 4 aromatic rings. The third kappa shape index (κ3) is 5.69. The minimum absolute atomic E-state index is 0.281. The van der Waals surface area contributed by atoms with Crippen LogP contribution in [0.3, 0.4) is 0 Å². The lowest BCUT2D eigenvalue weighted by atomic mass is 10.2. The maximum absolute atomic E-state index is 6.11. The quantitative estimate of drug-likeness (QED) is 0.342. The molecule has 0 aliphatic carbocycles. The first-order chi connectivity index (χ1) is 17.5. The molecular weight excluding hydrogens is 458 g/mol. The predicted octanol–water partition coefficient (Wildman–Crippen LogP) is 2.14. The second-order valence-electron chi connectivity index (χ2n) is 9.08. The summed E-state index contributed by atoms with van der Waals surface area (Å²) in [7, 11) is 4.09. The van der Waals surface area contributed by atoms with Crippen molar-refractivity contribution >= 4 is 23.2 Å². The van der Waals surface area contributed by atoms with Crippen LogP contribution in [-0.2, 0) is 0 Å². The molecule has 11 heteroatoms. The number of fused-ring (bicyclic) bond motifs is 1. The Morgan fingerprint density at radius 1 is 1.08 bits per heavy atom. The smallest absolute Gasteiger partial charge is 0.228 e. The van der Waals surface area contributed by atoms with Gasteiger partial charge in [-0.15, -0.1) is 0 Å². The number of rotatable bonds is 10. The normalized spacial score (nSPS) is 14.6. The van der Waals surface area contributed by atoms with Crippen LogP contribution in [0.5, 0.6) is 5.75 Å². The second-order valence-corrected chi connectivity index (χ2v) is 9.08. The van der Waals surface area contributed by atoms with E-state index in [1.54, 1.807) is 6.26 Å². The number of nitrogens with zero attached hydrogens (tertiary/aromatic N) is 7. The fraction of sp³-hybridized carbons (Fsp3) is 0.400. The predicted molar refractivity (Wildman–Crippen MR) is 141 cm³/mol. The van der Waals surface area contributed by atoms with Gasteiger partial charge in [0.25, 0.3) is 0 Å². The Bertz CT molecular complexity index is 1250. The van der Waals surface area contributed by atoms with Crippen LogP contribution in [0.4, 0.5) is 17.6 Å². The van der Waals surface area contributed by atoms with E-state index in [0.29, 0.717) is 29.7 Å². The molecule has 3 aromatic heterocycles. The van der Waals surface area contributed by atoms with Crippen molar-refractivity contribution in [1.29, 1.82) is 0 Å². The molecule has 1 fully saturated rings. The van der Waals surface area contributed by atoms with Gasteiger partial charge in [0.15, 0.2) is 11.4 Å². The van der Waals surface area contributed by atoms with Gasteiger partial charge in [-0.25, -0.2) is 0 Å². The summed E-state index contributed by atoms with van der Waals surface area (Å²) in [5.41, 5.74) is 8.64. The molecule has 1 aromatic carbocycles. The summed E-state index contributed by atoms with van der Waals surface area (Å²) in [5, 5.41) is 7.73. The Balaban J connectivity index is 1.08. The van der Waals surface area contributed by atoms with Crippen LogP contribution in [0, 0.1) is 0 Å². The maximum Gasteiger partial charge on any atom is 0.228 e. The van der Waals surface area contributed by atoms with Gasteiger partial charge in [-0.3, -0.25) is 4.90 Å². The molecule has 0 bridgehead atoms. The summed E-state index contributed by atoms with van der Waals surface area (Å²) in [5.74, 6) is 2.36. The number of benzene rings is 1. The highest BCUT2D eigenvalue weighted by molar-refractivity contribution is 5.61. The minimum Gasteiger partial charge on any atom is -0.492 e. The number of furan rings is 1. The number of likely N-dealkylation sites (N-methyl/N-ethyl adjacent to an activating group) is 1. The van der Waals surface area contributed by atoms with Crippen LogP contribution < -0.4 is 20.7 Å². The number of anilines is 3. The van der Waals surface area contributed by atoms with Gasteiger partial charge in [0.05, 0.1) is 6.26 Å². The van der Waals surface area contributed by atoms with Gasteiger partial charge >= 0.3 is 0 Å². The van der Waals surface area contributed by atoms with Crippen LogP contribution in [0.2, 0.25) is 0 Å². The zero-order valence-electron chi connectivity index (χ0n) is 20.8. The zero-order valence-corrected chi connectivity index (χ0v) is 20.8. The van der Waals surface area contributed by atoms with Gasteiger partial charge in [0.2, 0.25) is 11.9 Å². The molecule has 0 radical (unpaired) electrons. The molecule has 3 N–H and O–H groups in total. The first-order valence-corrected chi connectivity index (χ1v) is 12.2. The number of hydrogen-bond acceptors (Lipinski definition) is 10. The lowest BCUT2D eigenvalue weighted by Crippen LogP contribution is -2.47. The zero-order chi connectivity index (χ0) is 24.9. The number of aromatic nitrogens is 4. The van der Waals surface area contributed by atoms with Crippen molar-refractivity contribution in [2.24, 2.45) is 0 Å². The van der Waals surface area contributed by atoms with E-state index in [1.807, 2.05) is 32.3 Å². The summed E-state index contributed by atoms with van der Waals surface area (Å²) in [6, 6.07) is 13.9. The standard InChI is InChI=1S/C25H33N9O2/c1-31(2)15-17-35-20-7-5-19(6-8-20)33-13-11-32(12-14-33)10-9-27-25-28-23-18-21(22-4-3-16-36-22)30-34(23)24(26)29-25/h3-8,16,18H,9-15,17H2,1-2H3,(H3,26,27,28,29). The molecule has 0 saturated carbocycles. The van der Waals surface area contributed by atoms with Gasteiger partial charge in [0, 0.05) is 57.6 Å². The number of nitrogens with two attached hydrogens (primary N) is 1. The topological polar surface area (TPSA) is 113 Å². The fourth-order valence-electron chi connectivity index (χ4n) is 4.19. The van der Waals surface area contributed by atoms with E-state index < -0.39 is 0 Å². The fourth-order valence-corrected chi connectivity index (χ4v) is 4.19. The first-order valence-electron chi connectivity index (χ1n) is 12.2. The Kier molecular flexibility index (Phi) is 7.19. The van der Waals surface area contributed by atoms with Gasteiger partial charge in [-0.05, 0) is 50.5 Å². The first kappa shape index (κ1) is 23.9. The molecule has 5 rings (SSSR count).